The normalized spacial score (nSPS) is 14.2. The molecule has 1 aliphatic rings. The number of halogens is 1. The Hall–Kier alpha value is -2.36. The zero-order valence-electron chi connectivity index (χ0n) is 13.4. The molecule has 0 unspecified atom stereocenters. The molecule has 1 amide bonds. The number of hydrogen-bond donors (Lipinski definition) is 1. The molecule has 2 aromatic rings. The van der Waals surface area contributed by atoms with Gasteiger partial charge in [-0.25, -0.2) is 4.39 Å². The highest BCUT2D eigenvalue weighted by atomic mass is 19.1. The number of aryl methyl sites for hydroxylation is 2. The lowest BCUT2D eigenvalue weighted by molar-refractivity contribution is 0.0939. The molecule has 2 aromatic carbocycles. The zero-order chi connectivity index (χ0) is 16.4. The minimum Gasteiger partial charge on any atom is -0.494 e. The summed E-state index contributed by atoms with van der Waals surface area (Å²) in [5.41, 5.74) is 3.97. The summed E-state index contributed by atoms with van der Waals surface area (Å²) < 4.78 is 18.7. The van der Waals surface area contributed by atoms with Crippen molar-refractivity contribution in [2.75, 3.05) is 7.11 Å². The zero-order valence-corrected chi connectivity index (χ0v) is 13.4. The standard InChI is InChI=1S/C19H20FNO2/c1-12(14-8-9-18(23-2)17(20)11-14)21-19(22)16-7-6-13-4-3-5-15(13)10-16/h6-12H,3-5H2,1-2H3,(H,21,22)/t12-/m0/s1. The van der Waals surface area contributed by atoms with Crippen LogP contribution in [0.25, 0.3) is 0 Å². The number of amides is 1. The maximum absolute atomic E-state index is 13.8. The Balaban J connectivity index is 1.73. The van der Waals surface area contributed by atoms with Gasteiger partial charge in [-0.15, -0.1) is 0 Å². The first-order valence-electron chi connectivity index (χ1n) is 7.84. The van der Waals surface area contributed by atoms with Gasteiger partial charge in [0, 0.05) is 5.56 Å². The lowest BCUT2D eigenvalue weighted by Crippen LogP contribution is -2.26. The van der Waals surface area contributed by atoms with Gasteiger partial charge in [0.05, 0.1) is 13.2 Å². The van der Waals surface area contributed by atoms with Crippen LogP contribution < -0.4 is 10.1 Å². The summed E-state index contributed by atoms with van der Waals surface area (Å²) in [6.45, 7) is 1.84. The largest absolute Gasteiger partial charge is 0.494 e. The molecule has 1 aliphatic carbocycles. The molecule has 1 atom stereocenters. The van der Waals surface area contributed by atoms with Crippen LogP contribution in [0.1, 0.15) is 46.4 Å². The van der Waals surface area contributed by atoms with Crippen molar-refractivity contribution in [1.82, 2.24) is 5.32 Å². The Kier molecular flexibility index (Phi) is 4.33. The molecule has 1 N–H and O–H groups in total. The second kappa shape index (κ2) is 6.41. The van der Waals surface area contributed by atoms with Crippen LogP contribution in [0.3, 0.4) is 0 Å². The van der Waals surface area contributed by atoms with Crippen molar-refractivity contribution in [2.45, 2.75) is 32.2 Å². The molecule has 4 heteroatoms. The molecule has 0 radical (unpaired) electrons. The van der Waals surface area contributed by atoms with Crippen LogP contribution in [0.2, 0.25) is 0 Å². The molecular weight excluding hydrogens is 293 g/mol. The number of carbonyl (C=O) groups is 1. The predicted octanol–water partition coefficient (Wildman–Crippen LogP) is 3.81. The second-order valence-corrected chi connectivity index (χ2v) is 5.93. The van der Waals surface area contributed by atoms with Gasteiger partial charge in [-0.2, -0.15) is 0 Å². The lowest BCUT2D eigenvalue weighted by Gasteiger charge is -2.15. The fourth-order valence-electron chi connectivity index (χ4n) is 3.03. The number of fused-ring (bicyclic) bond motifs is 1. The van der Waals surface area contributed by atoms with Gasteiger partial charge in [0.25, 0.3) is 5.91 Å². The monoisotopic (exact) mass is 313 g/mol. The first kappa shape index (κ1) is 15.5. The molecule has 0 fully saturated rings. The fourth-order valence-corrected chi connectivity index (χ4v) is 3.03. The van der Waals surface area contributed by atoms with Gasteiger partial charge in [-0.1, -0.05) is 12.1 Å². The van der Waals surface area contributed by atoms with Crippen molar-refractivity contribution >= 4 is 5.91 Å². The molecule has 3 rings (SSSR count). The Bertz CT molecular complexity index is 742. The van der Waals surface area contributed by atoms with E-state index in [1.54, 1.807) is 12.1 Å². The fraction of sp³-hybridized carbons (Fsp3) is 0.316. The van der Waals surface area contributed by atoms with Crippen molar-refractivity contribution in [3.8, 4) is 5.75 Å². The molecule has 0 saturated carbocycles. The summed E-state index contributed by atoms with van der Waals surface area (Å²) in [5.74, 6) is -0.363. The minimum atomic E-state index is -0.427. The third kappa shape index (κ3) is 3.21. The van der Waals surface area contributed by atoms with E-state index in [1.807, 2.05) is 25.1 Å². The number of methoxy groups -OCH3 is 1. The van der Waals surface area contributed by atoms with Crippen LogP contribution in [0.15, 0.2) is 36.4 Å². The predicted molar refractivity (Wildman–Crippen MR) is 87.3 cm³/mol. The summed E-state index contributed by atoms with van der Waals surface area (Å²) in [5, 5.41) is 2.92. The van der Waals surface area contributed by atoms with Gasteiger partial charge in [0.1, 0.15) is 0 Å². The van der Waals surface area contributed by atoms with E-state index < -0.39 is 5.82 Å². The molecule has 3 nitrogen and oxygen atoms in total. The van der Waals surface area contributed by atoms with E-state index in [2.05, 4.69) is 5.32 Å². The molecule has 120 valence electrons. The molecular formula is C19H20FNO2. The van der Waals surface area contributed by atoms with Crippen molar-refractivity contribution < 1.29 is 13.9 Å². The van der Waals surface area contributed by atoms with Crippen molar-refractivity contribution in [2.24, 2.45) is 0 Å². The van der Waals surface area contributed by atoms with Crippen LogP contribution in [0, 0.1) is 5.82 Å². The van der Waals surface area contributed by atoms with Crippen molar-refractivity contribution in [3.05, 3.63) is 64.5 Å². The first-order chi connectivity index (χ1) is 11.1. The van der Waals surface area contributed by atoms with Gasteiger partial charge >= 0.3 is 0 Å². The second-order valence-electron chi connectivity index (χ2n) is 5.93. The van der Waals surface area contributed by atoms with E-state index in [4.69, 9.17) is 4.74 Å². The number of hydrogen-bond acceptors (Lipinski definition) is 2. The van der Waals surface area contributed by atoms with E-state index >= 15 is 0 Å². The van der Waals surface area contributed by atoms with Gasteiger partial charge < -0.3 is 10.1 Å². The van der Waals surface area contributed by atoms with Crippen LogP contribution in [0.5, 0.6) is 5.75 Å². The minimum absolute atomic E-state index is 0.136. The highest BCUT2D eigenvalue weighted by molar-refractivity contribution is 5.94. The molecule has 0 aromatic heterocycles. The van der Waals surface area contributed by atoms with E-state index in [0.29, 0.717) is 11.1 Å². The lowest BCUT2D eigenvalue weighted by atomic mass is 10.0. The van der Waals surface area contributed by atoms with Crippen LogP contribution >= 0.6 is 0 Å². The molecule has 0 bridgehead atoms. The summed E-state index contributed by atoms with van der Waals surface area (Å²) >= 11 is 0. The highest BCUT2D eigenvalue weighted by Gasteiger charge is 2.16. The summed E-state index contributed by atoms with van der Waals surface area (Å²) in [6, 6.07) is 10.3. The Morgan fingerprint density at radius 3 is 2.70 bits per heavy atom. The number of ether oxygens (including phenoxy) is 1. The maximum atomic E-state index is 13.8. The summed E-state index contributed by atoms with van der Waals surface area (Å²) in [4.78, 5) is 12.4. The van der Waals surface area contributed by atoms with E-state index in [0.717, 1.165) is 19.3 Å². The Morgan fingerprint density at radius 2 is 1.96 bits per heavy atom. The van der Waals surface area contributed by atoms with Gasteiger partial charge in [-0.05, 0) is 67.1 Å². The van der Waals surface area contributed by atoms with Crippen molar-refractivity contribution in [3.63, 3.8) is 0 Å². The number of carbonyl (C=O) groups excluding carboxylic acids is 1. The summed E-state index contributed by atoms with van der Waals surface area (Å²) in [7, 11) is 1.43. The number of benzene rings is 2. The first-order valence-corrected chi connectivity index (χ1v) is 7.84. The Morgan fingerprint density at radius 1 is 1.17 bits per heavy atom. The average molecular weight is 313 g/mol. The maximum Gasteiger partial charge on any atom is 0.251 e. The van der Waals surface area contributed by atoms with Crippen LogP contribution in [0.4, 0.5) is 4.39 Å². The Labute approximate surface area is 135 Å². The van der Waals surface area contributed by atoms with E-state index in [-0.39, 0.29) is 17.7 Å². The molecule has 0 saturated heterocycles. The molecule has 23 heavy (non-hydrogen) atoms. The summed E-state index contributed by atoms with van der Waals surface area (Å²) in [6.07, 6.45) is 3.29. The van der Waals surface area contributed by atoms with Gasteiger partial charge in [0.2, 0.25) is 0 Å². The van der Waals surface area contributed by atoms with Gasteiger partial charge in [0.15, 0.2) is 11.6 Å². The molecule has 0 spiro atoms. The van der Waals surface area contributed by atoms with Gasteiger partial charge in [-0.3, -0.25) is 4.79 Å². The van der Waals surface area contributed by atoms with Crippen LogP contribution in [-0.2, 0) is 12.8 Å². The van der Waals surface area contributed by atoms with E-state index in [9.17, 15) is 9.18 Å². The quantitative estimate of drug-likeness (QED) is 0.932. The SMILES string of the molecule is COc1ccc([C@H](C)NC(=O)c2ccc3c(c2)CCC3)cc1F. The van der Waals surface area contributed by atoms with Crippen molar-refractivity contribution in [1.29, 1.82) is 0 Å². The van der Waals surface area contributed by atoms with E-state index in [1.165, 1.54) is 24.3 Å². The number of rotatable bonds is 4. The topological polar surface area (TPSA) is 38.3 Å². The van der Waals surface area contributed by atoms with Crippen LogP contribution in [-0.4, -0.2) is 13.0 Å². The highest BCUT2D eigenvalue weighted by Crippen LogP contribution is 2.24. The third-order valence-corrected chi connectivity index (χ3v) is 4.38. The third-order valence-electron chi connectivity index (χ3n) is 4.38. The number of nitrogens with one attached hydrogen (secondary N) is 1. The smallest absolute Gasteiger partial charge is 0.251 e. The molecule has 0 aliphatic heterocycles. The average Bonchev–Trinajstić information content (AvgIpc) is 3.02. The molecule has 0 heterocycles.